The van der Waals surface area contributed by atoms with Crippen LogP contribution in [0, 0.1) is 0 Å². The molecule has 0 spiro atoms. The smallest absolute Gasteiger partial charge is 0.306 e. The first kappa shape index (κ1) is 55.9. The fourth-order valence-electron chi connectivity index (χ4n) is 6.56. The van der Waals surface area contributed by atoms with Crippen molar-refractivity contribution in [3.8, 4) is 0 Å². The molecule has 0 N–H and O–H groups in total. The van der Waals surface area contributed by atoms with Gasteiger partial charge in [0.2, 0.25) is 0 Å². The Balaban J connectivity index is 4.38. The number of carbonyl (C=O) groups excluding carboxylic acids is 3. The van der Waals surface area contributed by atoms with Crippen LogP contribution in [0.3, 0.4) is 0 Å². The van der Waals surface area contributed by atoms with Crippen molar-refractivity contribution in [2.24, 2.45) is 0 Å². The molecule has 6 nitrogen and oxygen atoms in total. The molecule has 0 aromatic carbocycles. The molecule has 338 valence electrons. The summed E-state index contributed by atoms with van der Waals surface area (Å²) in [5.41, 5.74) is 0. The van der Waals surface area contributed by atoms with Crippen molar-refractivity contribution < 1.29 is 28.6 Å². The average molecular weight is 823 g/mol. The molecule has 0 fully saturated rings. The van der Waals surface area contributed by atoms with E-state index in [1.54, 1.807) is 0 Å². The van der Waals surface area contributed by atoms with E-state index in [-0.39, 0.29) is 31.1 Å². The van der Waals surface area contributed by atoms with Gasteiger partial charge in [-0.05, 0) is 70.6 Å². The molecule has 6 heteroatoms. The maximum absolute atomic E-state index is 12.7. The minimum absolute atomic E-state index is 0.0870. The Kier molecular flexibility index (Phi) is 45.0. The summed E-state index contributed by atoms with van der Waals surface area (Å²) in [4.78, 5) is 37.7. The van der Waals surface area contributed by atoms with Crippen LogP contribution in [0.15, 0.2) is 72.9 Å². The molecule has 0 rings (SSSR count). The highest BCUT2D eigenvalue weighted by Crippen LogP contribution is 2.14. The third-order valence-corrected chi connectivity index (χ3v) is 10.2. The number of hydrogen-bond acceptors (Lipinski definition) is 6. The van der Waals surface area contributed by atoms with E-state index in [4.69, 9.17) is 14.2 Å². The number of rotatable bonds is 43. The molecule has 0 bridgehead atoms. The van der Waals surface area contributed by atoms with Crippen LogP contribution in [0.5, 0.6) is 0 Å². The number of allylic oxidation sites excluding steroid dienone is 12. The third kappa shape index (κ3) is 45.8. The van der Waals surface area contributed by atoms with Crippen molar-refractivity contribution in [3.05, 3.63) is 72.9 Å². The Hall–Kier alpha value is -3.15. The van der Waals surface area contributed by atoms with Gasteiger partial charge in [-0.3, -0.25) is 14.4 Å². The predicted molar refractivity (Wildman–Crippen MR) is 251 cm³/mol. The fraction of sp³-hybridized carbons (Fsp3) is 0.717. The lowest BCUT2D eigenvalue weighted by atomic mass is 10.1. The van der Waals surface area contributed by atoms with Gasteiger partial charge in [-0.15, -0.1) is 0 Å². The summed E-state index contributed by atoms with van der Waals surface area (Å²) in [6.45, 7) is 6.45. The highest BCUT2D eigenvalue weighted by molar-refractivity contribution is 5.71. The van der Waals surface area contributed by atoms with Crippen molar-refractivity contribution in [2.75, 3.05) is 13.2 Å². The highest BCUT2D eigenvalue weighted by Gasteiger charge is 2.19. The van der Waals surface area contributed by atoms with Crippen molar-refractivity contribution in [3.63, 3.8) is 0 Å². The van der Waals surface area contributed by atoms with E-state index >= 15 is 0 Å². The minimum atomic E-state index is -0.787. The first-order valence-corrected chi connectivity index (χ1v) is 24.4. The standard InChI is InChI=1S/C53H90O6/c1-4-7-10-13-16-19-22-23-24-25-26-27-28-29-30-31-32-35-37-40-43-46-52(55)58-49-50(59-53(56)47-44-41-38-34-21-18-15-12-9-6-3)48-57-51(54)45-42-39-36-33-20-17-14-11-8-5-2/h7,10,16,19,23-24,26-27,29-30,32,35,50H,4-6,8-9,11-15,17-18,20-22,25,28,31,33-34,36-49H2,1-3H3/b10-7-,19-16-,24-23-,27-26-,30-29-,35-32-. The van der Waals surface area contributed by atoms with Crippen LogP contribution >= 0.6 is 0 Å². The Morgan fingerprint density at radius 3 is 1.03 bits per heavy atom. The van der Waals surface area contributed by atoms with Crippen molar-refractivity contribution in [1.29, 1.82) is 0 Å². The van der Waals surface area contributed by atoms with Gasteiger partial charge < -0.3 is 14.2 Å². The molecule has 1 unspecified atom stereocenters. The van der Waals surface area contributed by atoms with Gasteiger partial charge >= 0.3 is 17.9 Å². The van der Waals surface area contributed by atoms with E-state index in [0.29, 0.717) is 19.3 Å². The molecule has 0 amide bonds. The van der Waals surface area contributed by atoms with Gasteiger partial charge in [-0.25, -0.2) is 0 Å². The van der Waals surface area contributed by atoms with Crippen molar-refractivity contribution in [2.45, 2.75) is 232 Å². The number of unbranched alkanes of at least 4 members (excludes halogenated alkanes) is 20. The zero-order valence-electron chi connectivity index (χ0n) is 38.5. The van der Waals surface area contributed by atoms with Gasteiger partial charge in [0.25, 0.3) is 0 Å². The second kappa shape index (κ2) is 47.5. The van der Waals surface area contributed by atoms with Crippen LogP contribution in [0.1, 0.15) is 226 Å². The Bertz CT molecular complexity index is 1130. The molecule has 1 atom stereocenters. The second-order valence-corrected chi connectivity index (χ2v) is 16.0. The van der Waals surface area contributed by atoms with Crippen LogP contribution in [0.25, 0.3) is 0 Å². The summed E-state index contributed by atoms with van der Waals surface area (Å²) in [6, 6.07) is 0. The molecule has 0 radical (unpaired) electrons. The maximum Gasteiger partial charge on any atom is 0.306 e. The van der Waals surface area contributed by atoms with Gasteiger partial charge in [0.15, 0.2) is 6.10 Å². The van der Waals surface area contributed by atoms with E-state index in [0.717, 1.165) is 96.3 Å². The van der Waals surface area contributed by atoms with Crippen molar-refractivity contribution >= 4 is 17.9 Å². The summed E-state index contributed by atoms with van der Waals surface area (Å²) < 4.78 is 16.7. The van der Waals surface area contributed by atoms with Crippen LogP contribution in [0.4, 0.5) is 0 Å². The van der Waals surface area contributed by atoms with Gasteiger partial charge in [0, 0.05) is 19.3 Å². The lowest BCUT2D eigenvalue weighted by Crippen LogP contribution is -2.30. The van der Waals surface area contributed by atoms with Gasteiger partial charge in [-0.2, -0.15) is 0 Å². The van der Waals surface area contributed by atoms with Crippen LogP contribution in [-0.4, -0.2) is 37.2 Å². The fourth-order valence-corrected chi connectivity index (χ4v) is 6.56. The lowest BCUT2D eigenvalue weighted by molar-refractivity contribution is -0.167. The average Bonchev–Trinajstić information content (AvgIpc) is 3.23. The van der Waals surface area contributed by atoms with Crippen molar-refractivity contribution in [1.82, 2.24) is 0 Å². The third-order valence-electron chi connectivity index (χ3n) is 10.2. The molecular formula is C53H90O6. The topological polar surface area (TPSA) is 78.9 Å². The monoisotopic (exact) mass is 823 g/mol. The summed E-state index contributed by atoms with van der Waals surface area (Å²) in [7, 11) is 0. The lowest BCUT2D eigenvalue weighted by Gasteiger charge is -2.18. The predicted octanol–water partition coefficient (Wildman–Crippen LogP) is 15.9. The summed E-state index contributed by atoms with van der Waals surface area (Å²) in [5, 5.41) is 0. The molecule has 0 aliphatic rings. The van der Waals surface area contributed by atoms with E-state index < -0.39 is 6.10 Å². The molecule has 0 saturated carbocycles. The SMILES string of the molecule is CC/C=C\C/C=C\C/C=C\C/C=C\C/C=C\C/C=C\CCCCC(=O)OCC(COC(=O)CCCCCCCCCCCC)OC(=O)CCCCCCCCCCCC. The van der Waals surface area contributed by atoms with Gasteiger partial charge in [0.1, 0.15) is 13.2 Å². The maximum atomic E-state index is 12.7. The van der Waals surface area contributed by atoms with Crippen LogP contribution in [-0.2, 0) is 28.6 Å². The molecule has 59 heavy (non-hydrogen) atoms. The van der Waals surface area contributed by atoms with E-state index in [1.807, 2.05) is 0 Å². The highest BCUT2D eigenvalue weighted by atomic mass is 16.6. The van der Waals surface area contributed by atoms with Gasteiger partial charge in [-0.1, -0.05) is 209 Å². The number of esters is 3. The number of ether oxygens (including phenoxy) is 3. The number of hydrogen-bond donors (Lipinski definition) is 0. The Morgan fingerprint density at radius 2 is 0.661 bits per heavy atom. The van der Waals surface area contributed by atoms with E-state index in [9.17, 15) is 14.4 Å². The zero-order valence-corrected chi connectivity index (χ0v) is 38.5. The Labute approximate surface area is 363 Å². The van der Waals surface area contributed by atoms with E-state index in [2.05, 4.69) is 93.7 Å². The second-order valence-electron chi connectivity index (χ2n) is 16.0. The van der Waals surface area contributed by atoms with Crippen LogP contribution in [0.2, 0.25) is 0 Å². The van der Waals surface area contributed by atoms with Crippen LogP contribution < -0.4 is 0 Å². The molecular weight excluding hydrogens is 733 g/mol. The first-order valence-electron chi connectivity index (χ1n) is 24.4. The quantitative estimate of drug-likeness (QED) is 0.0264. The van der Waals surface area contributed by atoms with Gasteiger partial charge in [0.05, 0.1) is 0 Å². The minimum Gasteiger partial charge on any atom is -0.462 e. The summed E-state index contributed by atoms with van der Waals surface area (Å²) in [6.07, 6.45) is 58.9. The summed E-state index contributed by atoms with van der Waals surface area (Å²) in [5.74, 6) is -0.936. The zero-order chi connectivity index (χ0) is 43.0. The molecule has 0 aliphatic carbocycles. The molecule has 0 aromatic rings. The summed E-state index contributed by atoms with van der Waals surface area (Å²) >= 11 is 0. The Morgan fingerprint density at radius 1 is 0.356 bits per heavy atom. The molecule has 0 heterocycles. The largest absolute Gasteiger partial charge is 0.462 e. The molecule has 0 aliphatic heterocycles. The van der Waals surface area contributed by atoms with E-state index in [1.165, 1.54) is 89.9 Å². The molecule has 0 saturated heterocycles. The first-order chi connectivity index (χ1) is 29.0. The molecule has 0 aromatic heterocycles. The number of carbonyl (C=O) groups is 3. The normalized spacial score (nSPS) is 12.7.